The Kier molecular flexibility index (Phi) is 12.5. The Hall–Kier alpha value is -5.99. The summed E-state index contributed by atoms with van der Waals surface area (Å²) in [6, 6.07) is 24.6. The van der Waals surface area contributed by atoms with Crippen LogP contribution in [0.5, 0.6) is 5.75 Å². The van der Waals surface area contributed by atoms with E-state index < -0.39 is 60.6 Å². The second-order valence-electron chi connectivity index (χ2n) is 13.3. The Morgan fingerprint density at radius 1 is 0.907 bits per heavy atom. The number of rotatable bonds is 15. The molecule has 4 aromatic rings. The van der Waals surface area contributed by atoms with Crippen molar-refractivity contribution in [2.75, 3.05) is 18.1 Å². The molecule has 280 valence electrons. The molecule has 1 aliphatic rings. The van der Waals surface area contributed by atoms with Crippen LogP contribution in [0.4, 0.5) is 10.1 Å². The lowest BCUT2D eigenvalue weighted by molar-refractivity contribution is -0.161. The molecule has 0 spiro atoms. The van der Waals surface area contributed by atoms with E-state index >= 15 is 0 Å². The monoisotopic (exact) mass is 735 g/mol. The summed E-state index contributed by atoms with van der Waals surface area (Å²) in [7, 11) is 0. The number of anilines is 1. The Bertz CT molecular complexity index is 2020. The fraction of sp³-hybridized carbons (Fsp3) is 0.302. The molecule has 0 radical (unpaired) electrons. The first-order valence-corrected chi connectivity index (χ1v) is 17.4. The van der Waals surface area contributed by atoms with Crippen molar-refractivity contribution in [1.82, 2.24) is 0 Å². The normalized spacial score (nSPS) is 15.7. The van der Waals surface area contributed by atoms with Crippen LogP contribution in [0.15, 0.2) is 91.0 Å². The highest BCUT2D eigenvalue weighted by Crippen LogP contribution is 2.50. The van der Waals surface area contributed by atoms with E-state index in [1.54, 1.807) is 47.4 Å². The highest BCUT2D eigenvalue weighted by Gasteiger charge is 2.50. The Morgan fingerprint density at radius 2 is 1.57 bits per heavy atom. The number of hydrogen-bond donors (Lipinski definition) is 1. The number of amides is 1. The summed E-state index contributed by atoms with van der Waals surface area (Å²) in [6.45, 7) is 4.78. The highest BCUT2D eigenvalue weighted by molar-refractivity contribution is 6.03. The molecule has 0 bridgehead atoms. The van der Waals surface area contributed by atoms with Crippen molar-refractivity contribution in [2.45, 2.75) is 64.9 Å². The van der Waals surface area contributed by atoms with Crippen LogP contribution in [-0.4, -0.2) is 42.1 Å². The SMILES string of the molecule is C#Cc1ccc(N2C(=O)[C@H](CC[C@H](OC(C)=O)c3ccc(F)cc3)[C@H]2c2cc(C(O)(COC(C)=O)COC(C)=O)ccc2OCc2cccc(C)c2)cc1. The second kappa shape index (κ2) is 17.2. The molecule has 5 rings (SSSR count). The maximum absolute atomic E-state index is 14.2. The molecular weight excluding hydrogens is 693 g/mol. The van der Waals surface area contributed by atoms with Crippen LogP contribution in [0.1, 0.15) is 79.1 Å². The van der Waals surface area contributed by atoms with Gasteiger partial charge in [-0.3, -0.25) is 19.2 Å². The molecule has 0 unspecified atom stereocenters. The van der Waals surface area contributed by atoms with Gasteiger partial charge in [-0.25, -0.2) is 4.39 Å². The molecule has 3 atom stereocenters. The molecule has 0 aromatic heterocycles. The van der Waals surface area contributed by atoms with Crippen LogP contribution in [-0.2, 0) is 45.6 Å². The van der Waals surface area contributed by atoms with Gasteiger partial charge in [-0.15, -0.1) is 6.42 Å². The van der Waals surface area contributed by atoms with Gasteiger partial charge in [0.2, 0.25) is 5.91 Å². The van der Waals surface area contributed by atoms with E-state index in [9.17, 15) is 28.7 Å². The molecule has 0 saturated carbocycles. The van der Waals surface area contributed by atoms with Crippen molar-refractivity contribution in [2.24, 2.45) is 5.92 Å². The zero-order valence-corrected chi connectivity index (χ0v) is 30.5. The molecular formula is C43H42FNO9. The van der Waals surface area contributed by atoms with Gasteiger partial charge in [0.05, 0.1) is 12.0 Å². The topological polar surface area (TPSA) is 129 Å². The molecule has 11 heteroatoms. The molecule has 4 aromatic carbocycles. The summed E-state index contributed by atoms with van der Waals surface area (Å²) in [5.74, 6) is -0.185. The van der Waals surface area contributed by atoms with Crippen molar-refractivity contribution >= 4 is 29.5 Å². The first-order chi connectivity index (χ1) is 25.8. The summed E-state index contributed by atoms with van der Waals surface area (Å²) >= 11 is 0. The van der Waals surface area contributed by atoms with Crippen LogP contribution >= 0.6 is 0 Å². The lowest BCUT2D eigenvalue weighted by atomic mass is 9.76. The van der Waals surface area contributed by atoms with Gasteiger partial charge in [0.1, 0.15) is 37.5 Å². The lowest BCUT2D eigenvalue weighted by Crippen LogP contribution is -2.55. The largest absolute Gasteiger partial charge is 0.489 e. The molecule has 0 aliphatic carbocycles. The first-order valence-electron chi connectivity index (χ1n) is 17.4. The molecule has 1 aliphatic heterocycles. The van der Waals surface area contributed by atoms with Crippen LogP contribution in [0, 0.1) is 31.0 Å². The van der Waals surface area contributed by atoms with E-state index in [2.05, 4.69) is 5.92 Å². The zero-order chi connectivity index (χ0) is 39.0. The van der Waals surface area contributed by atoms with Crippen molar-refractivity contribution < 1.29 is 47.6 Å². The van der Waals surface area contributed by atoms with Gasteiger partial charge in [-0.05, 0) is 85.0 Å². The van der Waals surface area contributed by atoms with E-state index in [1.807, 2.05) is 31.2 Å². The Morgan fingerprint density at radius 3 is 2.17 bits per heavy atom. The molecule has 54 heavy (non-hydrogen) atoms. The number of aryl methyl sites for hydroxylation is 1. The second-order valence-corrected chi connectivity index (χ2v) is 13.3. The van der Waals surface area contributed by atoms with Gasteiger partial charge in [0.15, 0.2) is 5.60 Å². The van der Waals surface area contributed by atoms with Crippen LogP contribution in [0.3, 0.4) is 0 Å². The number of halogens is 1. The number of esters is 3. The smallest absolute Gasteiger partial charge is 0.303 e. The minimum Gasteiger partial charge on any atom is -0.489 e. The summed E-state index contributed by atoms with van der Waals surface area (Å²) in [6.07, 6.45) is 5.32. The first kappa shape index (κ1) is 39.2. The molecule has 1 saturated heterocycles. The summed E-state index contributed by atoms with van der Waals surface area (Å²) in [5.41, 5.74) is 2.48. The number of β-lactam (4-membered cyclic amide) rings is 1. The van der Waals surface area contributed by atoms with Gasteiger partial charge in [-0.1, -0.05) is 53.9 Å². The van der Waals surface area contributed by atoms with Gasteiger partial charge in [0, 0.05) is 37.6 Å². The predicted octanol–water partition coefficient (Wildman–Crippen LogP) is 6.80. The number of hydrogen-bond acceptors (Lipinski definition) is 9. The lowest BCUT2D eigenvalue weighted by Gasteiger charge is -2.48. The summed E-state index contributed by atoms with van der Waals surface area (Å²) in [5, 5.41) is 11.9. The predicted molar refractivity (Wildman–Crippen MR) is 197 cm³/mol. The number of carbonyl (C=O) groups excluding carboxylic acids is 4. The molecule has 1 amide bonds. The number of ether oxygens (including phenoxy) is 4. The average Bonchev–Trinajstić information content (AvgIpc) is 3.14. The van der Waals surface area contributed by atoms with Crippen LogP contribution < -0.4 is 9.64 Å². The maximum atomic E-state index is 14.2. The number of terminal acetylenes is 1. The third-order valence-corrected chi connectivity index (χ3v) is 9.19. The number of carbonyl (C=O) groups is 4. The van der Waals surface area contributed by atoms with E-state index in [-0.39, 0.29) is 30.9 Å². The van der Waals surface area contributed by atoms with Gasteiger partial charge >= 0.3 is 17.9 Å². The van der Waals surface area contributed by atoms with Crippen LogP contribution in [0.25, 0.3) is 0 Å². The Balaban J connectivity index is 1.61. The van der Waals surface area contributed by atoms with Crippen molar-refractivity contribution in [3.05, 3.63) is 130 Å². The van der Waals surface area contributed by atoms with E-state index in [0.717, 1.165) is 11.1 Å². The van der Waals surface area contributed by atoms with E-state index in [1.165, 1.54) is 45.0 Å². The van der Waals surface area contributed by atoms with E-state index in [0.29, 0.717) is 28.1 Å². The minimum atomic E-state index is -1.97. The van der Waals surface area contributed by atoms with Crippen molar-refractivity contribution in [3.63, 3.8) is 0 Å². The quantitative estimate of drug-likeness (QED) is 0.0607. The van der Waals surface area contributed by atoms with Crippen molar-refractivity contribution in [1.29, 1.82) is 0 Å². The summed E-state index contributed by atoms with van der Waals surface area (Å²) in [4.78, 5) is 51.7. The van der Waals surface area contributed by atoms with Crippen molar-refractivity contribution in [3.8, 4) is 18.1 Å². The fourth-order valence-electron chi connectivity index (χ4n) is 6.51. The maximum Gasteiger partial charge on any atom is 0.303 e. The number of nitrogens with zero attached hydrogens (tertiary/aromatic N) is 1. The van der Waals surface area contributed by atoms with Gasteiger partial charge in [-0.2, -0.15) is 0 Å². The highest BCUT2D eigenvalue weighted by atomic mass is 19.1. The minimum absolute atomic E-state index is 0.181. The van der Waals surface area contributed by atoms with Crippen LogP contribution in [0.2, 0.25) is 0 Å². The molecule has 1 heterocycles. The Labute approximate surface area is 313 Å². The average molecular weight is 736 g/mol. The number of benzene rings is 4. The molecule has 1 fully saturated rings. The van der Waals surface area contributed by atoms with Gasteiger partial charge in [0.25, 0.3) is 0 Å². The molecule has 1 N–H and O–H groups in total. The third-order valence-electron chi connectivity index (χ3n) is 9.19. The standard InChI is InChI=1S/C43H42FNO9/c1-6-31-10-17-36(18-11-31)45-41(37(42(45)49)19-21-39(54-30(5)48)33-12-15-35(44)16-13-33)38-23-34(43(50,25-52-28(3)46)26-53-29(4)47)14-20-40(38)51-24-32-9-7-8-27(2)22-32/h1,7-18,20,22-23,37,39,41,50H,19,21,24-26H2,2-5H3/t37-,39+,41+/m1/s1. The molecule has 10 nitrogen and oxygen atoms in total. The summed E-state index contributed by atoms with van der Waals surface area (Å²) < 4.78 is 36.3. The zero-order valence-electron chi connectivity index (χ0n) is 30.5. The fourth-order valence-corrected chi connectivity index (χ4v) is 6.51. The van der Waals surface area contributed by atoms with Gasteiger partial charge < -0.3 is 29.0 Å². The third kappa shape index (κ3) is 9.51. The van der Waals surface area contributed by atoms with E-state index in [4.69, 9.17) is 25.4 Å². The number of aliphatic hydroxyl groups is 1.